The van der Waals surface area contributed by atoms with Crippen LogP contribution in [0.4, 0.5) is 0 Å². The number of amides is 1. The van der Waals surface area contributed by atoms with Crippen LogP contribution in [-0.4, -0.2) is 41.7 Å². The molecule has 5 nitrogen and oxygen atoms in total. The molecule has 1 aromatic carbocycles. The minimum atomic E-state index is -0.727. The second-order valence-electron chi connectivity index (χ2n) is 5.39. The van der Waals surface area contributed by atoms with Crippen molar-refractivity contribution < 1.29 is 14.6 Å². The number of benzene rings is 1. The summed E-state index contributed by atoms with van der Waals surface area (Å²) >= 11 is 0. The van der Waals surface area contributed by atoms with E-state index in [4.69, 9.17) is 10.5 Å². The molecule has 0 atom stereocenters. The number of likely N-dealkylation sites (N-methyl/N-ethyl adjacent to an activating group) is 1. The van der Waals surface area contributed by atoms with Gasteiger partial charge >= 0.3 is 0 Å². The Hall–Kier alpha value is -1.59. The van der Waals surface area contributed by atoms with Crippen molar-refractivity contribution in [1.29, 1.82) is 0 Å². The third-order valence-electron chi connectivity index (χ3n) is 2.39. The summed E-state index contributed by atoms with van der Waals surface area (Å²) in [6.07, 6.45) is 0. The van der Waals surface area contributed by atoms with Gasteiger partial charge in [0.1, 0.15) is 5.75 Å². The van der Waals surface area contributed by atoms with Crippen LogP contribution in [0.3, 0.4) is 0 Å². The van der Waals surface area contributed by atoms with Crippen molar-refractivity contribution in [3.8, 4) is 5.75 Å². The summed E-state index contributed by atoms with van der Waals surface area (Å²) < 4.78 is 5.25. The monoisotopic (exact) mass is 266 g/mol. The minimum Gasteiger partial charge on any atom is -0.484 e. The molecule has 0 spiro atoms. The first-order chi connectivity index (χ1) is 8.76. The Bertz CT molecular complexity index is 427. The van der Waals surface area contributed by atoms with Crippen molar-refractivity contribution >= 4 is 5.91 Å². The van der Waals surface area contributed by atoms with Gasteiger partial charge < -0.3 is 15.6 Å². The van der Waals surface area contributed by atoms with E-state index in [1.165, 1.54) is 0 Å². The first-order valence-corrected chi connectivity index (χ1v) is 6.17. The van der Waals surface area contributed by atoms with E-state index in [0.717, 1.165) is 5.56 Å². The van der Waals surface area contributed by atoms with Gasteiger partial charge in [-0.25, -0.2) is 0 Å². The van der Waals surface area contributed by atoms with Gasteiger partial charge in [0.2, 0.25) is 0 Å². The highest BCUT2D eigenvalue weighted by molar-refractivity contribution is 5.75. The molecule has 0 unspecified atom stereocenters. The van der Waals surface area contributed by atoms with Gasteiger partial charge in [-0.3, -0.25) is 9.69 Å². The normalized spacial score (nSPS) is 11.6. The SMILES string of the molecule is CN(Cc1cccc(OCC(N)=O)c1)CC(C)(C)O. The molecule has 3 N–H and O–H groups in total. The standard InChI is InChI=1S/C14H22N2O3/c1-14(2,18)10-16(3)8-11-5-4-6-12(7-11)19-9-13(15)17/h4-7,18H,8-10H2,1-3H3,(H2,15,17). The molecule has 0 saturated carbocycles. The van der Waals surface area contributed by atoms with Gasteiger partial charge in [0.05, 0.1) is 5.60 Å². The molecule has 5 heteroatoms. The minimum absolute atomic E-state index is 0.122. The Morgan fingerprint density at radius 3 is 2.74 bits per heavy atom. The molecule has 19 heavy (non-hydrogen) atoms. The van der Waals surface area contributed by atoms with Crippen LogP contribution in [0.2, 0.25) is 0 Å². The van der Waals surface area contributed by atoms with Gasteiger partial charge in [0.15, 0.2) is 6.61 Å². The van der Waals surface area contributed by atoms with Gasteiger partial charge in [0.25, 0.3) is 5.91 Å². The van der Waals surface area contributed by atoms with Gasteiger partial charge in [-0.2, -0.15) is 0 Å². The lowest BCUT2D eigenvalue weighted by Crippen LogP contribution is -2.35. The fourth-order valence-electron chi connectivity index (χ4n) is 1.92. The summed E-state index contributed by atoms with van der Waals surface area (Å²) in [4.78, 5) is 12.7. The summed E-state index contributed by atoms with van der Waals surface area (Å²) in [5, 5.41) is 9.75. The Balaban J connectivity index is 2.59. The number of hydrogen-bond donors (Lipinski definition) is 2. The van der Waals surface area contributed by atoms with Crippen LogP contribution in [0.1, 0.15) is 19.4 Å². The topological polar surface area (TPSA) is 75.8 Å². The zero-order chi connectivity index (χ0) is 14.5. The number of nitrogens with two attached hydrogens (primary N) is 1. The number of rotatable bonds is 7. The van der Waals surface area contributed by atoms with Gasteiger partial charge in [0, 0.05) is 13.1 Å². The van der Waals surface area contributed by atoms with E-state index in [1.54, 1.807) is 19.9 Å². The maximum Gasteiger partial charge on any atom is 0.255 e. The van der Waals surface area contributed by atoms with Crippen LogP contribution >= 0.6 is 0 Å². The molecule has 0 aliphatic rings. The van der Waals surface area contributed by atoms with E-state index < -0.39 is 11.5 Å². The summed E-state index contributed by atoms with van der Waals surface area (Å²) in [6, 6.07) is 7.48. The smallest absolute Gasteiger partial charge is 0.255 e. The van der Waals surface area contributed by atoms with E-state index in [1.807, 2.05) is 30.1 Å². The van der Waals surface area contributed by atoms with Crippen molar-refractivity contribution in [3.63, 3.8) is 0 Å². The number of carbonyl (C=O) groups is 1. The zero-order valence-corrected chi connectivity index (χ0v) is 11.7. The molecule has 0 aliphatic heterocycles. The molecular formula is C14H22N2O3. The number of hydrogen-bond acceptors (Lipinski definition) is 4. The lowest BCUT2D eigenvalue weighted by molar-refractivity contribution is -0.119. The molecule has 1 rings (SSSR count). The second-order valence-corrected chi connectivity index (χ2v) is 5.39. The molecule has 0 bridgehead atoms. The maximum atomic E-state index is 10.7. The lowest BCUT2D eigenvalue weighted by atomic mass is 10.1. The van der Waals surface area contributed by atoms with Crippen LogP contribution in [0, 0.1) is 0 Å². The number of aliphatic hydroxyl groups is 1. The fourth-order valence-corrected chi connectivity index (χ4v) is 1.92. The number of ether oxygens (including phenoxy) is 1. The molecule has 0 aliphatic carbocycles. The average molecular weight is 266 g/mol. The maximum absolute atomic E-state index is 10.7. The third-order valence-corrected chi connectivity index (χ3v) is 2.39. The van der Waals surface area contributed by atoms with E-state index >= 15 is 0 Å². The van der Waals surface area contributed by atoms with Crippen molar-refractivity contribution in [1.82, 2.24) is 4.90 Å². The number of nitrogens with zero attached hydrogens (tertiary/aromatic N) is 1. The lowest BCUT2D eigenvalue weighted by Gasteiger charge is -2.25. The van der Waals surface area contributed by atoms with Crippen LogP contribution in [0.15, 0.2) is 24.3 Å². The molecule has 0 fully saturated rings. The van der Waals surface area contributed by atoms with Crippen molar-refractivity contribution in [3.05, 3.63) is 29.8 Å². The first kappa shape index (κ1) is 15.5. The van der Waals surface area contributed by atoms with Crippen molar-refractivity contribution in [2.24, 2.45) is 5.73 Å². The predicted octanol–water partition coefficient (Wildman–Crippen LogP) is 0.753. The Morgan fingerprint density at radius 2 is 2.16 bits per heavy atom. The average Bonchev–Trinajstić information content (AvgIpc) is 2.24. The van der Waals surface area contributed by atoms with E-state index in [-0.39, 0.29) is 6.61 Å². The number of carbonyl (C=O) groups excluding carboxylic acids is 1. The quantitative estimate of drug-likeness (QED) is 0.763. The van der Waals surface area contributed by atoms with Crippen molar-refractivity contribution in [2.45, 2.75) is 26.0 Å². The molecule has 106 valence electrons. The molecule has 0 radical (unpaired) electrons. The zero-order valence-electron chi connectivity index (χ0n) is 11.7. The second kappa shape index (κ2) is 6.54. The van der Waals surface area contributed by atoms with Gasteiger partial charge in [-0.15, -0.1) is 0 Å². The first-order valence-electron chi connectivity index (χ1n) is 6.17. The summed E-state index contributed by atoms with van der Waals surface area (Å²) in [5.41, 5.74) is 5.35. The molecule has 1 amide bonds. The van der Waals surface area contributed by atoms with Crippen LogP contribution in [-0.2, 0) is 11.3 Å². The van der Waals surface area contributed by atoms with Crippen molar-refractivity contribution in [2.75, 3.05) is 20.2 Å². The van der Waals surface area contributed by atoms with Gasteiger partial charge in [-0.1, -0.05) is 12.1 Å². The van der Waals surface area contributed by atoms with E-state index in [2.05, 4.69) is 0 Å². The Labute approximate surface area is 114 Å². The molecule has 1 aromatic rings. The van der Waals surface area contributed by atoms with Crippen LogP contribution in [0.5, 0.6) is 5.75 Å². The molecule has 0 heterocycles. The predicted molar refractivity (Wildman–Crippen MR) is 73.8 cm³/mol. The summed E-state index contributed by atoms with van der Waals surface area (Å²) in [6.45, 7) is 4.69. The fraction of sp³-hybridized carbons (Fsp3) is 0.500. The highest BCUT2D eigenvalue weighted by Crippen LogP contribution is 2.15. The largest absolute Gasteiger partial charge is 0.484 e. The summed E-state index contributed by atoms with van der Waals surface area (Å²) in [7, 11) is 1.94. The third kappa shape index (κ3) is 6.79. The summed E-state index contributed by atoms with van der Waals surface area (Å²) in [5.74, 6) is 0.123. The highest BCUT2D eigenvalue weighted by atomic mass is 16.5. The van der Waals surface area contributed by atoms with Crippen LogP contribution in [0.25, 0.3) is 0 Å². The molecule has 0 saturated heterocycles. The Morgan fingerprint density at radius 1 is 1.47 bits per heavy atom. The van der Waals surface area contributed by atoms with Crippen LogP contribution < -0.4 is 10.5 Å². The highest BCUT2D eigenvalue weighted by Gasteiger charge is 2.15. The number of primary amides is 1. The van der Waals surface area contributed by atoms with E-state index in [9.17, 15) is 9.90 Å². The molecule has 0 aromatic heterocycles. The Kier molecular flexibility index (Phi) is 5.32. The van der Waals surface area contributed by atoms with E-state index in [0.29, 0.717) is 18.8 Å². The molecular weight excluding hydrogens is 244 g/mol. The van der Waals surface area contributed by atoms with Gasteiger partial charge in [-0.05, 0) is 38.6 Å².